The summed E-state index contributed by atoms with van der Waals surface area (Å²) >= 11 is 0. The third kappa shape index (κ3) is 4.42. The summed E-state index contributed by atoms with van der Waals surface area (Å²) in [5.74, 6) is -0.244. The Labute approximate surface area is 101 Å². The first-order valence-electron chi connectivity index (χ1n) is 5.64. The maximum absolute atomic E-state index is 12.7. The van der Waals surface area contributed by atoms with Crippen molar-refractivity contribution in [3.05, 3.63) is 35.6 Å². The Hall–Kier alpha value is -0.970. The maximum atomic E-state index is 12.7. The molecule has 4 heteroatoms. The smallest absolute Gasteiger partial charge is 0.123 e. The van der Waals surface area contributed by atoms with E-state index in [2.05, 4.69) is 0 Å². The topological polar surface area (TPSA) is 43.7 Å². The van der Waals surface area contributed by atoms with E-state index in [9.17, 15) is 14.6 Å². The first-order valence-corrected chi connectivity index (χ1v) is 5.64. The second-order valence-corrected chi connectivity index (χ2v) is 4.93. The van der Waals surface area contributed by atoms with Crippen molar-refractivity contribution in [2.45, 2.75) is 13.5 Å². The van der Waals surface area contributed by atoms with E-state index >= 15 is 0 Å². The van der Waals surface area contributed by atoms with Gasteiger partial charge in [-0.05, 0) is 24.7 Å². The number of nitrogens with zero attached hydrogens (tertiary/aromatic N) is 1. The van der Waals surface area contributed by atoms with Crippen LogP contribution in [0.2, 0.25) is 0 Å². The summed E-state index contributed by atoms with van der Waals surface area (Å²) in [4.78, 5) is 2.00. The van der Waals surface area contributed by atoms with Crippen LogP contribution in [0.15, 0.2) is 24.3 Å². The van der Waals surface area contributed by atoms with E-state index in [-0.39, 0.29) is 19.0 Å². The largest absolute Gasteiger partial charge is 0.396 e. The molecule has 0 radical (unpaired) electrons. The summed E-state index contributed by atoms with van der Waals surface area (Å²) < 4.78 is 12.7. The van der Waals surface area contributed by atoms with E-state index in [4.69, 9.17) is 0 Å². The summed E-state index contributed by atoms with van der Waals surface area (Å²) in [6.07, 6.45) is 0. The van der Waals surface area contributed by atoms with E-state index in [0.29, 0.717) is 13.1 Å². The van der Waals surface area contributed by atoms with Crippen LogP contribution in [0, 0.1) is 11.2 Å². The van der Waals surface area contributed by atoms with Crippen LogP contribution in [0.25, 0.3) is 0 Å². The van der Waals surface area contributed by atoms with Crippen LogP contribution in [0.5, 0.6) is 0 Å². The van der Waals surface area contributed by atoms with Gasteiger partial charge in [-0.25, -0.2) is 4.39 Å². The molecule has 3 nitrogen and oxygen atoms in total. The molecule has 0 bridgehead atoms. The molecular weight excluding hydrogens is 221 g/mol. The zero-order chi connectivity index (χ0) is 12.9. The molecule has 1 rings (SSSR count). The molecule has 0 fully saturated rings. The molecule has 17 heavy (non-hydrogen) atoms. The van der Waals surface area contributed by atoms with Crippen molar-refractivity contribution in [3.8, 4) is 0 Å². The molecule has 96 valence electrons. The van der Waals surface area contributed by atoms with Gasteiger partial charge in [0.25, 0.3) is 0 Å². The normalized spacial score (nSPS) is 12.1. The second-order valence-electron chi connectivity index (χ2n) is 4.93. The minimum absolute atomic E-state index is 0.0583. The van der Waals surface area contributed by atoms with Crippen LogP contribution in [-0.2, 0) is 6.54 Å². The Morgan fingerprint density at radius 3 is 2.18 bits per heavy atom. The highest BCUT2D eigenvalue weighted by Gasteiger charge is 2.24. The van der Waals surface area contributed by atoms with Gasteiger partial charge in [-0.2, -0.15) is 0 Å². The number of hydrogen-bond donors (Lipinski definition) is 2. The minimum Gasteiger partial charge on any atom is -0.396 e. The highest BCUT2D eigenvalue weighted by atomic mass is 19.1. The highest BCUT2D eigenvalue weighted by Crippen LogP contribution is 2.17. The number of aliphatic hydroxyl groups excluding tert-OH is 2. The molecule has 0 aliphatic carbocycles. The molecular formula is C13H20FNO2. The number of rotatable bonds is 6. The number of halogens is 1. The van der Waals surface area contributed by atoms with Gasteiger partial charge in [0.1, 0.15) is 5.82 Å². The zero-order valence-electron chi connectivity index (χ0n) is 10.4. The lowest BCUT2D eigenvalue weighted by Gasteiger charge is -2.30. The van der Waals surface area contributed by atoms with Crippen LogP contribution in [0.3, 0.4) is 0 Å². The number of benzene rings is 1. The van der Waals surface area contributed by atoms with Crippen molar-refractivity contribution in [2.24, 2.45) is 5.41 Å². The van der Waals surface area contributed by atoms with E-state index < -0.39 is 5.41 Å². The van der Waals surface area contributed by atoms with Crippen LogP contribution < -0.4 is 0 Å². The summed E-state index contributed by atoms with van der Waals surface area (Å²) in [7, 11) is 1.91. The first kappa shape index (κ1) is 14.1. The number of aliphatic hydroxyl groups is 2. The van der Waals surface area contributed by atoms with Gasteiger partial charge >= 0.3 is 0 Å². The molecule has 0 heterocycles. The fraction of sp³-hybridized carbons (Fsp3) is 0.538. The standard InChI is InChI=1S/C13H20FNO2/c1-13(9-16,10-17)8-15(2)7-11-3-5-12(14)6-4-11/h3-6,16-17H,7-10H2,1-2H3. The average molecular weight is 241 g/mol. The van der Waals surface area contributed by atoms with E-state index in [1.54, 1.807) is 12.1 Å². The molecule has 0 aliphatic heterocycles. The zero-order valence-corrected chi connectivity index (χ0v) is 10.4. The van der Waals surface area contributed by atoms with Gasteiger partial charge in [-0.3, -0.25) is 0 Å². The van der Waals surface area contributed by atoms with Crippen molar-refractivity contribution in [2.75, 3.05) is 26.8 Å². The predicted molar refractivity (Wildman–Crippen MR) is 65.0 cm³/mol. The number of hydrogen-bond acceptors (Lipinski definition) is 3. The van der Waals surface area contributed by atoms with E-state index in [0.717, 1.165) is 5.56 Å². The monoisotopic (exact) mass is 241 g/mol. The molecule has 0 aromatic heterocycles. The summed E-state index contributed by atoms with van der Waals surface area (Å²) in [5, 5.41) is 18.4. The summed E-state index contributed by atoms with van der Waals surface area (Å²) in [5.41, 5.74) is 0.501. The second kappa shape index (κ2) is 6.10. The van der Waals surface area contributed by atoms with Gasteiger partial charge < -0.3 is 15.1 Å². The first-order chi connectivity index (χ1) is 7.99. The Kier molecular flexibility index (Phi) is 5.05. The Balaban J connectivity index is 2.54. The van der Waals surface area contributed by atoms with Crippen LogP contribution >= 0.6 is 0 Å². The maximum Gasteiger partial charge on any atom is 0.123 e. The molecule has 0 amide bonds. The third-order valence-electron chi connectivity index (χ3n) is 2.78. The molecule has 1 aromatic rings. The molecule has 1 aromatic carbocycles. The fourth-order valence-electron chi connectivity index (χ4n) is 1.76. The van der Waals surface area contributed by atoms with Gasteiger partial charge in [0.05, 0.1) is 13.2 Å². The van der Waals surface area contributed by atoms with Gasteiger partial charge in [0.2, 0.25) is 0 Å². The molecule has 0 aliphatic rings. The van der Waals surface area contributed by atoms with Crippen molar-refractivity contribution in [3.63, 3.8) is 0 Å². The van der Waals surface area contributed by atoms with Gasteiger partial charge in [-0.1, -0.05) is 19.1 Å². The lowest BCUT2D eigenvalue weighted by Crippen LogP contribution is -2.38. The van der Waals surface area contributed by atoms with Crippen molar-refractivity contribution in [1.82, 2.24) is 4.90 Å². The Morgan fingerprint density at radius 1 is 1.18 bits per heavy atom. The van der Waals surface area contributed by atoms with Crippen LogP contribution in [0.1, 0.15) is 12.5 Å². The van der Waals surface area contributed by atoms with Gasteiger partial charge in [0.15, 0.2) is 0 Å². The summed E-state index contributed by atoms with van der Waals surface area (Å²) in [6.45, 7) is 2.95. The van der Waals surface area contributed by atoms with E-state index in [1.807, 2.05) is 18.9 Å². The molecule has 0 unspecified atom stereocenters. The third-order valence-corrected chi connectivity index (χ3v) is 2.78. The summed E-state index contributed by atoms with van der Waals surface area (Å²) in [6, 6.07) is 6.34. The Morgan fingerprint density at radius 2 is 1.71 bits per heavy atom. The molecule has 0 saturated heterocycles. The Bertz CT molecular complexity index is 336. The highest BCUT2D eigenvalue weighted by molar-refractivity contribution is 5.15. The van der Waals surface area contributed by atoms with Gasteiger partial charge in [0, 0.05) is 18.5 Å². The lowest BCUT2D eigenvalue weighted by molar-refractivity contribution is 0.0402. The van der Waals surface area contributed by atoms with Crippen molar-refractivity contribution in [1.29, 1.82) is 0 Å². The molecule has 0 saturated carbocycles. The van der Waals surface area contributed by atoms with E-state index in [1.165, 1.54) is 12.1 Å². The molecule has 2 N–H and O–H groups in total. The van der Waals surface area contributed by atoms with Crippen molar-refractivity contribution < 1.29 is 14.6 Å². The quantitative estimate of drug-likeness (QED) is 0.787. The SMILES string of the molecule is CN(Cc1ccc(F)cc1)CC(C)(CO)CO. The molecule has 0 atom stereocenters. The minimum atomic E-state index is -0.505. The van der Waals surface area contributed by atoms with Gasteiger partial charge in [-0.15, -0.1) is 0 Å². The fourth-order valence-corrected chi connectivity index (χ4v) is 1.76. The lowest BCUT2D eigenvalue weighted by atomic mass is 9.92. The van der Waals surface area contributed by atoms with Crippen LogP contribution in [-0.4, -0.2) is 41.9 Å². The predicted octanol–water partition coefficient (Wildman–Crippen LogP) is 1.25. The molecule has 0 spiro atoms. The average Bonchev–Trinajstić information content (AvgIpc) is 2.32. The van der Waals surface area contributed by atoms with Crippen LogP contribution in [0.4, 0.5) is 4.39 Å². The van der Waals surface area contributed by atoms with Crippen molar-refractivity contribution >= 4 is 0 Å².